The van der Waals surface area contributed by atoms with Gasteiger partial charge in [-0.1, -0.05) is 20.4 Å². The third-order valence-electron chi connectivity index (χ3n) is 9.34. The topological polar surface area (TPSA) is 243 Å². The van der Waals surface area contributed by atoms with Gasteiger partial charge in [0.25, 0.3) is 0 Å². The van der Waals surface area contributed by atoms with Crippen LogP contribution in [-0.4, -0.2) is 168 Å². The molecule has 65 heavy (non-hydrogen) atoms. The van der Waals surface area contributed by atoms with Crippen molar-refractivity contribution in [1.82, 2.24) is 26.6 Å². The van der Waals surface area contributed by atoms with E-state index in [0.29, 0.717) is 59.0 Å². The molecule has 0 saturated carbocycles. The minimum atomic E-state index is -2.37. The molecule has 2 aliphatic rings. The van der Waals surface area contributed by atoms with Gasteiger partial charge in [-0.05, 0) is 12.8 Å². The van der Waals surface area contributed by atoms with E-state index in [-0.39, 0.29) is 64.6 Å². The van der Waals surface area contributed by atoms with Crippen molar-refractivity contribution in [2.45, 2.75) is 83.1 Å². The minimum Gasteiger partial charge on any atom is -0.510 e. The number of halogens is 5. The molecule has 25 heteroatoms. The highest BCUT2D eigenvalue weighted by atomic mass is 19.2. The summed E-state index contributed by atoms with van der Waals surface area (Å²) >= 11 is 0. The van der Waals surface area contributed by atoms with E-state index < -0.39 is 101 Å². The maximum Gasteiger partial charge on any atom is 0.313 e. The van der Waals surface area contributed by atoms with Crippen LogP contribution in [0.3, 0.4) is 0 Å². The third kappa shape index (κ3) is 19.3. The van der Waals surface area contributed by atoms with Gasteiger partial charge in [0.05, 0.1) is 78.4 Å². The fourth-order valence-corrected chi connectivity index (χ4v) is 5.99. The second-order valence-corrected chi connectivity index (χ2v) is 14.9. The second-order valence-electron chi connectivity index (χ2n) is 14.9. The van der Waals surface area contributed by atoms with Crippen molar-refractivity contribution >= 4 is 23.8 Å². The molecule has 0 bridgehead atoms. The van der Waals surface area contributed by atoms with Gasteiger partial charge in [0.15, 0.2) is 12.4 Å². The average molecular weight is 946 g/mol. The molecule has 2 aliphatic heterocycles. The summed E-state index contributed by atoms with van der Waals surface area (Å²) in [6.07, 6.45) is -4.41. The van der Waals surface area contributed by atoms with E-state index >= 15 is 0 Å². The SMILES string of the molecule is C=C(O)[C@H]1O[C@@H](OCCCC2CN(CCOCCOCCOCCNC(=O)CCOCCOCCC(=O)Oc3c(F)c(F)c(F)c(F)c3F)NN2)[C@H](NC(C)=O)[C@@H](OC(=O)C(C)C)[C@H]1O. The molecule has 3 rings (SSSR count). The molecular weight excluding hydrogens is 885 g/mol. The summed E-state index contributed by atoms with van der Waals surface area (Å²) in [5.74, 6) is -16.7. The fourth-order valence-electron chi connectivity index (χ4n) is 5.99. The predicted octanol–water partition coefficient (Wildman–Crippen LogP) is 0.987. The first kappa shape index (κ1) is 55.2. The Labute approximate surface area is 372 Å². The van der Waals surface area contributed by atoms with Crippen LogP contribution in [0.5, 0.6) is 5.75 Å². The molecule has 0 aromatic heterocycles. The highest BCUT2D eigenvalue weighted by Gasteiger charge is 2.50. The summed E-state index contributed by atoms with van der Waals surface area (Å²) < 4.78 is 115. The molecule has 20 nitrogen and oxygen atoms in total. The highest BCUT2D eigenvalue weighted by Crippen LogP contribution is 2.30. The number of hydrogen-bond acceptors (Lipinski definition) is 18. The van der Waals surface area contributed by atoms with E-state index in [2.05, 4.69) is 32.9 Å². The lowest BCUT2D eigenvalue weighted by Gasteiger charge is -2.43. The minimum absolute atomic E-state index is 0.0125. The number of nitrogens with zero attached hydrogens (tertiary/aromatic N) is 1. The lowest BCUT2D eigenvalue weighted by molar-refractivity contribution is -0.265. The molecule has 2 saturated heterocycles. The van der Waals surface area contributed by atoms with Crippen molar-refractivity contribution in [2.75, 3.05) is 92.3 Å². The number of esters is 2. The Morgan fingerprint density at radius 2 is 1.40 bits per heavy atom. The van der Waals surface area contributed by atoms with Gasteiger partial charge in [-0.15, -0.1) is 0 Å². The molecule has 0 radical (unpaired) electrons. The number of aliphatic hydroxyl groups excluding tert-OH is 2. The molecule has 1 unspecified atom stereocenters. The molecule has 370 valence electrons. The molecule has 2 heterocycles. The maximum atomic E-state index is 13.6. The van der Waals surface area contributed by atoms with Crippen LogP contribution in [0.2, 0.25) is 0 Å². The van der Waals surface area contributed by atoms with Crippen LogP contribution in [0.1, 0.15) is 46.5 Å². The smallest absolute Gasteiger partial charge is 0.313 e. The Bertz CT molecular complexity index is 1660. The molecule has 0 aliphatic carbocycles. The van der Waals surface area contributed by atoms with Crippen molar-refractivity contribution in [3.63, 3.8) is 0 Å². The van der Waals surface area contributed by atoms with Crippen molar-refractivity contribution in [3.05, 3.63) is 41.4 Å². The number of hydrazine groups is 2. The number of carbonyl (C=O) groups excluding carboxylic acids is 4. The van der Waals surface area contributed by atoms with E-state index in [4.69, 9.17) is 37.9 Å². The van der Waals surface area contributed by atoms with Gasteiger partial charge in [-0.25, -0.2) is 23.6 Å². The van der Waals surface area contributed by atoms with Crippen molar-refractivity contribution in [2.24, 2.45) is 5.92 Å². The van der Waals surface area contributed by atoms with Crippen LogP contribution >= 0.6 is 0 Å². The lowest BCUT2D eigenvalue weighted by atomic mass is 9.95. The molecule has 6 atom stereocenters. The van der Waals surface area contributed by atoms with Gasteiger partial charge < -0.3 is 63.5 Å². The molecule has 6 N–H and O–H groups in total. The molecule has 0 spiro atoms. The number of benzene rings is 1. The number of ether oxygens (including phenoxy) is 9. The van der Waals surface area contributed by atoms with Crippen molar-refractivity contribution < 1.29 is 94.0 Å². The van der Waals surface area contributed by atoms with E-state index in [9.17, 15) is 51.3 Å². The first-order valence-corrected chi connectivity index (χ1v) is 21.0. The fraction of sp³-hybridized carbons (Fsp3) is 0.700. The quantitative estimate of drug-likeness (QED) is 0.0116. The Hall–Kier alpha value is -4.15. The Balaban J connectivity index is 1.12. The molecule has 2 fully saturated rings. The number of rotatable bonds is 31. The van der Waals surface area contributed by atoms with Crippen LogP contribution in [0.15, 0.2) is 12.3 Å². The first-order valence-electron chi connectivity index (χ1n) is 21.0. The Morgan fingerprint density at radius 3 is 2.00 bits per heavy atom. The van der Waals surface area contributed by atoms with Crippen molar-refractivity contribution in [3.8, 4) is 5.75 Å². The van der Waals surface area contributed by atoms with Gasteiger partial charge in [0.2, 0.25) is 46.6 Å². The largest absolute Gasteiger partial charge is 0.510 e. The number of nitrogens with one attached hydrogen (secondary N) is 4. The maximum absolute atomic E-state index is 13.6. The van der Waals surface area contributed by atoms with Gasteiger partial charge in [0.1, 0.15) is 24.0 Å². The summed E-state index contributed by atoms with van der Waals surface area (Å²) in [6.45, 7) is 11.6. The summed E-state index contributed by atoms with van der Waals surface area (Å²) in [5.41, 5.74) is 6.30. The summed E-state index contributed by atoms with van der Waals surface area (Å²) in [6, 6.07) is -0.952. The molecule has 1 aromatic carbocycles. The van der Waals surface area contributed by atoms with E-state index in [1.54, 1.807) is 13.8 Å². The summed E-state index contributed by atoms with van der Waals surface area (Å²) in [4.78, 5) is 48.0. The Kier molecular flexibility index (Phi) is 25.0. The van der Waals surface area contributed by atoms with Crippen LogP contribution in [0, 0.1) is 35.0 Å². The van der Waals surface area contributed by atoms with E-state index in [0.717, 1.165) is 0 Å². The van der Waals surface area contributed by atoms with Gasteiger partial charge in [-0.2, -0.15) is 14.3 Å². The molecule has 1 aromatic rings. The van der Waals surface area contributed by atoms with Gasteiger partial charge in [0, 0.05) is 45.6 Å². The number of hydrogen-bond donors (Lipinski definition) is 6. The van der Waals surface area contributed by atoms with E-state index in [1.165, 1.54) is 6.92 Å². The number of aliphatic hydroxyl groups is 2. The Morgan fingerprint density at radius 1 is 0.831 bits per heavy atom. The monoisotopic (exact) mass is 945 g/mol. The van der Waals surface area contributed by atoms with Crippen LogP contribution in [0.25, 0.3) is 0 Å². The second kappa shape index (κ2) is 29.5. The zero-order chi connectivity index (χ0) is 47.9. The van der Waals surface area contributed by atoms with Crippen molar-refractivity contribution in [1.29, 1.82) is 0 Å². The van der Waals surface area contributed by atoms with Gasteiger partial charge >= 0.3 is 11.9 Å². The predicted molar refractivity (Wildman–Crippen MR) is 214 cm³/mol. The first-order chi connectivity index (χ1) is 31.0. The number of carbonyl (C=O) groups is 4. The third-order valence-corrected chi connectivity index (χ3v) is 9.34. The normalized spacial score (nSPS) is 21.1. The van der Waals surface area contributed by atoms with Crippen LogP contribution < -0.4 is 26.3 Å². The van der Waals surface area contributed by atoms with Gasteiger partial charge in [-0.3, -0.25) is 19.2 Å². The zero-order valence-corrected chi connectivity index (χ0v) is 36.5. The van der Waals surface area contributed by atoms with E-state index in [1.807, 2.05) is 5.01 Å². The zero-order valence-electron chi connectivity index (χ0n) is 36.5. The summed E-state index contributed by atoms with van der Waals surface area (Å²) in [7, 11) is 0. The average Bonchev–Trinajstić information content (AvgIpc) is 3.72. The standard InChI is InChI=1S/C40H60F5N5O15/c1-23(2)39(56)64-38-34(47-25(4)52)40(65-36(24(3)51)35(38)55)62-11-5-6-26-22-50(49-48-26)10-15-60-19-21-61-20-18-59-14-9-46-27(53)7-12-57-16-17-58-13-8-28(54)63-37-32(44)30(42)29(41)31(43)33(37)45/h23,26,34-36,38,40,48-49,51,55H,3,5-22H2,1-2,4H3,(H,46,53)(H,47,52)/t26?,34-,35+,36-,38-,40-/m1/s1. The highest BCUT2D eigenvalue weighted by molar-refractivity contribution is 5.76. The summed E-state index contributed by atoms with van der Waals surface area (Å²) in [5, 5.41) is 28.1. The lowest BCUT2D eigenvalue weighted by Crippen LogP contribution is -2.65. The van der Waals surface area contributed by atoms with Crippen LogP contribution in [0.4, 0.5) is 22.0 Å². The number of amides is 2. The molecular formula is C40H60F5N5O15. The molecule has 2 amide bonds. The van der Waals surface area contributed by atoms with Crippen LogP contribution in [-0.2, 0) is 57.1 Å².